The third-order valence-electron chi connectivity index (χ3n) is 5.33. The summed E-state index contributed by atoms with van der Waals surface area (Å²) in [4.78, 5) is 23.4. The van der Waals surface area contributed by atoms with Crippen molar-refractivity contribution >= 4 is 11.9 Å². The maximum atomic E-state index is 12.5. The molecule has 0 saturated heterocycles. The summed E-state index contributed by atoms with van der Waals surface area (Å²) in [6.45, 7) is 4.23. The van der Waals surface area contributed by atoms with E-state index in [9.17, 15) is 9.59 Å². The molecule has 5 nitrogen and oxygen atoms in total. The normalized spacial score (nSPS) is 33.0. The van der Waals surface area contributed by atoms with E-state index in [-0.39, 0.29) is 30.1 Å². The van der Waals surface area contributed by atoms with Gasteiger partial charge >= 0.3 is 5.97 Å². The molecule has 2 N–H and O–H groups in total. The molecule has 1 amide bonds. The van der Waals surface area contributed by atoms with Crippen LogP contribution in [-0.2, 0) is 14.3 Å². The summed E-state index contributed by atoms with van der Waals surface area (Å²) in [7, 11) is 0. The van der Waals surface area contributed by atoms with Gasteiger partial charge in [0.2, 0.25) is 5.91 Å². The second-order valence-electron chi connectivity index (χ2n) is 7.32. The molecule has 132 valence electrons. The predicted molar refractivity (Wildman–Crippen MR) is 88.1 cm³/mol. The average molecular weight is 325 g/mol. The number of aliphatic carboxylic acids is 1. The van der Waals surface area contributed by atoms with E-state index >= 15 is 0 Å². The molecule has 0 aliphatic heterocycles. The smallest absolute Gasteiger partial charge is 0.306 e. The number of ether oxygens (including phenoxy) is 1. The van der Waals surface area contributed by atoms with Crippen molar-refractivity contribution in [3.8, 4) is 0 Å². The van der Waals surface area contributed by atoms with E-state index in [0.717, 1.165) is 25.7 Å². The fraction of sp³-hybridized carbons (Fsp3) is 0.889. The molecule has 3 unspecified atom stereocenters. The Balaban J connectivity index is 1.77. The predicted octanol–water partition coefficient (Wildman–Crippen LogP) is 3.12. The molecule has 0 heterocycles. The molecule has 0 bridgehead atoms. The number of amides is 1. The zero-order chi connectivity index (χ0) is 16.8. The van der Waals surface area contributed by atoms with Crippen molar-refractivity contribution in [2.24, 2.45) is 11.8 Å². The molecular formula is C18H31NO4. The van der Waals surface area contributed by atoms with Gasteiger partial charge in [-0.05, 0) is 50.9 Å². The number of hydrogen-bond donors (Lipinski definition) is 2. The zero-order valence-electron chi connectivity index (χ0n) is 14.4. The maximum Gasteiger partial charge on any atom is 0.306 e. The van der Waals surface area contributed by atoms with Gasteiger partial charge in [-0.15, -0.1) is 0 Å². The van der Waals surface area contributed by atoms with Crippen LogP contribution >= 0.6 is 0 Å². The van der Waals surface area contributed by atoms with E-state index in [1.165, 1.54) is 12.8 Å². The Bertz CT molecular complexity index is 404. The first-order valence-electron chi connectivity index (χ1n) is 9.18. The molecule has 23 heavy (non-hydrogen) atoms. The number of carbonyl (C=O) groups is 2. The van der Waals surface area contributed by atoms with E-state index in [2.05, 4.69) is 12.2 Å². The highest BCUT2D eigenvalue weighted by Gasteiger charge is 2.30. The highest BCUT2D eigenvalue weighted by atomic mass is 16.5. The molecule has 2 aliphatic rings. The van der Waals surface area contributed by atoms with Crippen molar-refractivity contribution in [2.45, 2.75) is 89.9 Å². The summed E-state index contributed by atoms with van der Waals surface area (Å²) < 4.78 is 6.07. The molecule has 0 aromatic carbocycles. The van der Waals surface area contributed by atoms with Crippen LogP contribution in [0.15, 0.2) is 0 Å². The molecule has 2 saturated carbocycles. The quantitative estimate of drug-likeness (QED) is 0.787. The van der Waals surface area contributed by atoms with Crippen LogP contribution in [0.2, 0.25) is 0 Å². The van der Waals surface area contributed by atoms with Crippen LogP contribution in [0, 0.1) is 11.8 Å². The SMILES string of the molecule is CCC(OC1CCCC(C)C1)C(=O)NC1CCC(C(=O)O)CC1. The molecule has 2 aliphatic carbocycles. The van der Waals surface area contributed by atoms with Crippen molar-refractivity contribution in [3.63, 3.8) is 0 Å². The Morgan fingerprint density at radius 1 is 1.17 bits per heavy atom. The number of carbonyl (C=O) groups excluding carboxylic acids is 1. The van der Waals surface area contributed by atoms with Gasteiger partial charge in [0.05, 0.1) is 12.0 Å². The first kappa shape index (κ1) is 18.2. The van der Waals surface area contributed by atoms with Gasteiger partial charge in [-0.3, -0.25) is 9.59 Å². The lowest BCUT2D eigenvalue weighted by atomic mass is 9.86. The van der Waals surface area contributed by atoms with Crippen molar-refractivity contribution in [1.82, 2.24) is 5.32 Å². The fourth-order valence-corrected chi connectivity index (χ4v) is 3.86. The van der Waals surface area contributed by atoms with E-state index in [0.29, 0.717) is 25.2 Å². The number of nitrogens with one attached hydrogen (secondary N) is 1. The summed E-state index contributed by atoms with van der Waals surface area (Å²) >= 11 is 0. The second-order valence-corrected chi connectivity index (χ2v) is 7.32. The largest absolute Gasteiger partial charge is 0.481 e. The zero-order valence-corrected chi connectivity index (χ0v) is 14.4. The van der Waals surface area contributed by atoms with Crippen molar-refractivity contribution in [3.05, 3.63) is 0 Å². The van der Waals surface area contributed by atoms with E-state index in [4.69, 9.17) is 9.84 Å². The van der Waals surface area contributed by atoms with Gasteiger partial charge in [0.25, 0.3) is 0 Å². The van der Waals surface area contributed by atoms with E-state index in [1.807, 2.05) is 6.92 Å². The van der Waals surface area contributed by atoms with Gasteiger partial charge in [0, 0.05) is 6.04 Å². The summed E-state index contributed by atoms with van der Waals surface area (Å²) in [6, 6.07) is 0.0982. The topological polar surface area (TPSA) is 75.6 Å². The summed E-state index contributed by atoms with van der Waals surface area (Å²) in [5.74, 6) is -0.300. The Morgan fingerprint density at radius 2 is 1.87 bits per heavy atom. The van der Waals surface area contributed by atoms with Crippen LogP contribution in [0.25, 0.3) is 0 Å². The molecule has 5 heteroatoms. The third kappa shape index (κ3) is 5.48. The van der Waals surface area contributed by atoms with Crippen LogP contribution in [0.3, 0.4) is 0 Å². The third-order valence-corrected chi connectivity index (χ3v) is 5.33. The molecule has 0 aromatic rings. The van der Waals surface area contributed by atoms with Gasteiger partial charge in [-0.1, -0.05) is 26.7 Å². The Morgan fingerprint density at radius 3 is 2.43 bits per heavy atom. The van der Waals surface area contributed by atoms with E-state index in [1.54, 1.807) is 0 Å². The van der Waals surface area contributed by atoms with Gasteiger partial charge in [0.15, 0.2) is 0 Å². The van der Waals surface area contributed by atoms with Crippen LogP contribution < -0.4 is 5.32 Å². The van der Waals surface area contributed by atoms with Crippen LogP contribution in [0.5, 0.6) is 0 Å². The van der Waals surface area contributed by atoms with E-state index < -0.39 is 5.97 Å². The average Bonchev–Trinajstić information content (AvgIpc) is 2.53. The lowest BCUT2D eigenvalue weighted by molar-refractivity contribution is -0.143. The Labute approximate surface area is 139 Å². The Hall–Kier alpha value is -1.10. The minimum atomic E-state index is -0.712. The summed E-state index contributed by atoms with van der Waals surface area (Å²) in [5, 5.41) is 12.1. The summed E-state index contributed by atoms with van der Waals surface area (Å²) in [6.07, 6.45) is 7.86. The van der Waals surface area contributed by atoms with Crippen molar-refractivity contribution in [1.29, 1.82) is 0 Å². The van der Waals surface area contributed by atoms with Crippen LogP contribution in [0.1, 0.15) is 71.6 Å². The molecule has 0 aromatic heterocycles. The first-order valence-corrected chi connectivity index (χ1v) is 9.18. The number of carboxylic acids is 1. The fourth-order valence-electron chi connectivity index (χ4n) is 3.86. The van der Waals surface area contributed by atoms with Gasteiger partial charge in [-0.2, -0.15) is 0 Å². The lowest BCUT2D eigenvalue weighted by Gasteiger charge is -2.32. The number of carboxylic acid groups (broad SMARTS) is 1. The second kappa shape index (κ2) is 8.67. The molecule has 2 fully saturated rings. The molecular weight excluding hydrogens is 294 g/mol. The highest BCUT2D eigenvalue weighted by Crippen LogP contribution is 2.28. The molecule has 0 radical (unpaired) electrons. The molecule has 0 spiro atoms. The monoisotopic (exact) mass is 325 g/mol. The van der Waals surface area contributed by atoms with Crippen molar-refractivity contribution < 1.29 is 19.4 Å². The maximum absolute atomic E-state index is 12.5. The van der Waals surface area contributed by atoms with Crippen molar-refractivity contribution in [2.75, 3.05) is 0 Å². The molecule has 2 rings (SSSR count). The van der Waals surface area contributed by atoms with Gasteiger partial charge in [-0.25, -0.2) is 0 Å². The summed E-state index contributed by atoms with van der Waals surface area (Å²) in [5.41, 5.74) is 0. The molecule has 3 atom stereocenters. The van der Waals surface area contributed by atoms with Crippen LogP contribution in [-0.4, -0.2) is 35.2 Å². The minimum Gasteiger partial charge on any atom is -0.481 e. The number of rotatable bonds is 6. The lowest BCUT2D eigenvalue weighted by Crippen LogP contribution is -2.45. The highest BCUT2D eigenvalue weighted by molar-refractivity contribution is 5.81. The minimum absolute atomic E-state index is 0.0236. The number of hydrogen-bond acceptors (Lipinski definition) is 3. The van der Waals surface area contributed by atoms with Gasteiger partial charge < -0.3 is 15.2 Å². The van der Waals surface area contributed by atoms with Gasteiger partial charge in [0.1, 0.15) is 6.10 Å². The first-order chi connectivity index (χ1) is 11.0. The van der Waals surface area contributed by atoms with Crippen LogP contribution in [0.4, 0.5) is 0 Å². The Kier molecular flexibility index (Phi) is 6.88. The standard InChI is InChI=1S/C18H31NO4/c1-3-16(23-15-6-4-5-12(2)11-15)17(20)19-14-9-7-13(8-10-14)18(21)22/h12-16H,3-11H2,1-2H3,(H,19,20)(H,21,22).